The molecule has 130 valence electrons. The average molecular weight is 427 g/mol. The maximum Gasteiger partial charge on any atom is 0.205 e. The van der Waals surface area contributed by atoms with Crippen LogP contribution in [0.2, 0.25) is 0 Å². The topological polar surface area (TPSA) is 76.1 Å². The Bertz CT molecular complexity index is 985. The molecule has 2 heterocycles. The van der Waals surface area contributed by atoms with Crippen molar-refractivity contribution in [1.82, 2.24) is 0 Å². The summed E-state index contributed by atoms with van der Waals surface area (Å²) in [5.74, 6) is 0.345. The third-order valence-corrected chi connectivity index (χ3v) is 6.50. The number of Topliss-reactive ketones (excluding diaryl/α,β-unsaturated/α-hetero) is 1. The van der Waals surface area contributed by atoms with E-state index < -0.39 is 5.92 Å². The summed E-state index contributed by atoms with van der Waals surface area (Å²) in [6, 6.07) is 15.9. The first-order valence-electron chi connectivity index (χ1n) is 8.22. The molecule has 1 aromatic heterocycles. The van der Waals surface area contributed by atoms with Gasteiger partial charge in [0.2, 0.25) is 5.88 Å². The summed E-state index contributed by atoms with van der Waals surface area (Å²) in [6.45, 7) is 0. The normalized spacial score (nSPS) is 22.7. The highest BCUT2D eigenvalue weighted by Crippen LogP contribution is 2.48. The molecular formula is C20H15BrN2O2S. The van der Waals surface area contributed by atoms with Gasteiger partial charge in [-0.2, -0.15) is 5.26 Å². The number of thiophene rings is 1. The van der Waals surface area contributed by atoms with Gasteiger partial charge in [-0.25, -0.2) is 0 Å². The summed E-state index contributed by atoms with van der Waals surface area (Å²) >= 11 is 4.96. The van der Waals surface area contributed by atoms with E-state index in [0.717, 1.165) is 14.2 Å². The molecule has 1 aliphatic heterocycles. The fourth-order valence-electron chi connectivity index (χ4n) is 3.64. The number of hydrogen-bond acceptors (Lipinski definition) is 5. The molecule has 2 aliphatic rings. The Kier molecular flexibility index (Phi) is 4.43. The number of nitrogens with zero attached hydrogens (tertiary/aromatic N) is 1. The van der Waals surface area contributed by atoms with Crippen LogP contribution >= 0.6 is 27.3 Å². The minimum atomic E-state index is -0.440. The largest absolute Gasteiger partial charge is 0.444 e. The molecule has 0 fully saturated rings. The highest BCUT2D eigenvalue weighted by atomic mass is 79.9. The van der Waals surface area contributed by atoms with Crippen LogP contribution in [-0.4, -0.2) is 5.78 Å². The summed E-state index contributed by atoms with van der Waals surface area (Å²) in [4.78, 5) is 14.0. The minimum Gasteiger partial charge on any atom is -0.444 e. The van der Waals surface area contributed by atoms with Gasteiger partial charge in [0.25, 0.3) is 0 Å². The monoisotopic (exact) mass is 426 g/mol. The molecule has 0 bridgehead atoms. The van der Waals surface area contributed by atoms with Crippen LogP contribution in [0.15, 0.2) is 69.0 Å². The molecule has 26 heavy (non-hydrogen) atoms. The van der Waals surface area contributed by atoms with Crippen molar-refractivity contribution in [2.24, 2.45) is 5.73 Å². The summed E-state index contributed by atoms with van der Waals surface area (Å²) in [5, 5.41) is 9.60. The van der Waals surface area contributed by atoms with Crippen molar-refractivity contribution in [1.29, 1.82) is 5.26 Å². The van der Waals surface area contributed by atoms with Crippen molar-refractivity contribution in [2.45, 2.75) is 24.7 Å². The molecule has 1 aromatic carbocycles. The molecule has 2 aromatic rings. The first kappa shape index (κ1) is 17.1. The fourth-order valence-corrected chi connectivity index (χ4v) is 5.18. The predicted molar refractivity (Wildman–Crippen MR) is 103 cm³/mol. The number of hydrogen-bond donors (Lipinski definition) is 1. The van der Waals surface area contributed by atoms with Crippen LogP contribution < -0.4 is 5.73 Å². The third-order valence-electron chi connectivity index (χ3n) is 4.81. The Balaban J connectivity index is 1.79. The Morgan fingerprint density at radius 3 is 2.62 bits per heavy atom. The molecule has 0 saturated carbocycles. The van der Waals surface area contributed by atoms with Gasteiger partial charge < -0.3 is 10.5 Å². The number of rotatable bonds is 2. The minimum absolute atomic E-state index is 0.0230. The molecule has 2 atom stereocenters. The van der Waals surface area contributed by atoms with Crippen molar-refractivity contribution in [3.05, 3.63) is 79.5 Å². The zero-order valence-electron chi connectivity index (χ0n) is 13.7. The van der Waals surface area contributed by atoms with Gasteiger partial charge in [-0.05, 0) is 39.5 Å². The maximum atomic E-state index is 13.1. The third kappa shape index (κ3) is 2.87. The molecule has 0 spiro atoms. The van der Waals surface area contributed by atoms with Crippen LogP contribution in [0.5, 0.6) is 0 Å². The standard InChI is InChI=1S/C20H15BrN2O2S/c21-17-7-6-16(26-17)18-13(10-22)20(23)25-15-9-12(8-14(24)19(15)18)11-4-2-1-3-5-11/h1-7,12,18H,8-9,23H2/t12-,18+/m1/s1. The highest BCUT2D eigenvalue weighted by molar-refractivity contribution is 9.11. The predicted octanol–water partition coefficient (Wildman–Crippen LogP) is 4.72. The van der Waals surface area contributed by atoms with Gasteiger partial charge in [0, 0.05) is 23.3 Å². The number of allylic oxidation sites excluding steroid dienone is 3. The first-order valence-corrected chi connectivity index (χ1v) is 9.83. The SMILES string of the molecule is N#CC1=C(N)OC2=C(C(=O)C[C@@H](c3ccccc3)C2)[C@@H]1c1ccc(Br)s1. The number of carbonyl (C=O) groups is 1. The second kappa shape index (κ2) is 6.75. The highest BCUT2D eigenvalue weighted by Gasteiger charge is 2.41. The second-order valence-electron chi connectivity index (χ2n) is 6.34. The van der Waals surface area contributed by atoms with Crippen molar-refractivity contribution in [3.8, 4) is 6.07 Å². The van der Waals surface area contributed by atoms with Crippen LogP contribution in [-0.2, 0) is 9.53 Å². The van der Waals surface area contributed by atoms with E-state index in [9.17, 15) is 10.1 Å². The van der Waals surface area contributed by atoms with E-state index in [-0.39, 0.29) is 17.6 Å². The van der Waals surface area contributed by atoms with Crippen LogP contribution in [0.25, 0.3) is 0 Å². The summed E-state index contributed by atoms with van der Waals surface area (Å²) in [6.07, 6.45) is 1.02. The van der Waals surface area contributed by atoms with Crippen LogP contribution in [0, 0.1) is 11.3 Å². The molecule has 6 heteroatoms. The molecule has 0 saturated heterocycles. The lowest BCUT2D eigenvalue weighted by Gasteiger charge is -2.33. The van der Waals surface area contributed by atoms with Crippen LogP contribution in [0.4, 0.5) is 0 Å². The smallest absolute Gasteiger partial charge is 0.205 e. The molecule has 1 aliphatic carbocycles. The number of nitriles is 1. The van der Waals surface area contributed by atoms with E-state index in [0.29, 0.717) is 29.7 Å². The summed E-state index contributed by atoms with van der Waals surface area (Å²) < 4.78 is 6.71. The molecule has 0 radical (unpaired) electrons. The van der Waals surface area contributed by atoms with E-state index >= 15 is 0 Å². The van der Waals surface area contributed by atoms with E-state index in [1.54, 1.807) is 0 Å². The molecule has 0 unspecified atom stereocenters. The lowest BCUT2D eigenvalue weighted by atomic mass is 9.75. The van der Waals surface area contributed by atoms with Crippen molar-refractivity contribution >= 4 is 33.0 Å². The Hall–Kier alpha value is -2.36. The van der Waals surface area contributed by atoms with Crippen LogP contribution in [0.1, 0.15) is 35.1 Å². The zero-order valence-corrected chi connectivity index (χ0v) is 16.1. The summed E-state index contributed by atoms with van der Waals surface area (Å²) in [5.41, 5.74) is 8.04. The van der Waals surface area contributed by atoms with Gasteiger partial charge in [0.15, 0.2) is 5.78 Å². The Labute approximate surface area is 163 Å². The van der Waals surface area contributed by atoms with Gasteiger partial charge in [0.1, 0.15) is 17.4 Å². The second-order valence-corrected chi connectivity index (χ2v) is 8.84. The fraction of sp³-hybridized carbons (Fsp3) is 0.200. The molecule has 4 rings (SSSR count). The van der Waals surface area contributed by atoms with Crippen molar-refractivity contribution in [3.63, 3.8) is 0 Å². The van der Waals surface area contributed by atoms with Crippen LogP contribution in [0.3, 0.4) is 0 Å². The molecule has 4 nitrogen and oxygen atoms in total. The van der Waals surface area contributed by atoms with E-state index in [1.165, 1.54) is 11.3 Å². The molecular weight excluding hydrogens is 412 g/mol. The van der Waals surface area contributed by atoms with Gasteiger partial charge in [-0.15, -0.1) is 11.3 Å². The number of halogens is 1. The Morgan fingerprint density at radius 2 is 1.96 bits per heavy atom. The Morgan fingerprint density at radius 1 is 1.19 bits per heavy atom. The number of benzene rings is 1. The van der Waals surface area contributed by atoms with E-state index in [2.05, 4.69) is 22.0 Å². The van der Waals surface area contributed by atoms with E-state index in [1.807, 2.05) is 42.5 Å². The number of ketones is 1. The number of nitrogens with two attached hydrogens (primary N) is 1. The molecule has 2 N–H and O–H groups in total. The molecule has 0 amide bonds. The lowest BCUT2D eigenvalue weighted by molar-refractivity contribution is -0.117. The van der Waals surface area contributed by atoms with Gasteiger partial charge in [-0.1, -0.05) is 30.3 Å². The van der Waals surface area contributed by atoms with E-state index in [4.69, 9.17) is 10.5 Å². The quantitative estimate of drug-likeness (QED) is 0.753. The van der Waals surface area contributed by atoms with Crippen molar-refractivity contribution < 1.29 is 9.53 Å². The van der Waals surface area contributed by atoms with Gasteiger partial charge in [-0.3, -0.25) is 4.79 Å². The number of ether oxygens (including phenoxy) is 1. The maximum absolute atomic E-state index is 13.1. The van der Waals surface area contributed by atoms with Gasteiger partial charge >= 0.3 is 0 Å². The summed E-state index contributed by atoms with van der Waals surface area (Å²) in [7, 11) is 0. The first-order chi connectivity index (χ1) is 12.6. The van der Waals surface area contributed by atoms with Gasteiger partial charge in [0.05, 0.1) is 9.70 Å². The average Bonchev–Trinajstić information content (AvgIpc) is 3.07. The zero-order chi connectivity index (χ0) is 18.3. The van der Waals surface area contributed by atoms with Crippen molar-refractivity contribution in [2.75, 3.05) is 0 Å². The number of carbonyl (C=O) groups excluding carboxylic acids is 1. The lowest BCUT2D eigenvalue weighted by Crippen LogP contribution is -2.29.